The lowest BCUT2D eigenvalue weighted by molar-refractivity contribution is -0.763. The molecule has 1 aliphatic heterocycles. The fraction of sp³-hybridized carbons (Fsp3) is 0.333. The number of carbonyl (C=O) groups excluding carboxylic acids is 1. The number of carbonyl (C=O) groups is 1. The Morgan fingerprint density at radius 3 is 2.61 bits per heavy atom. The first kappa shape index (κ1) is 21.3. The van der Waals surface area contributed by atoms with Crippen molar-refractivity contribution < 1.29 is 9.48 Å². The Labute approximate surface area is 186 Å². The number of rotatable bonds is 6. The molecule has 3 aromatic rings. The molecule has 0 radical (unpaired) electrons. The van der Waals surface area contributed by atoms with Gasteiger partial charge >= 0.3 is 11.3 Å². The Morgan fingerprint density at radius 1 is 1.16 bits per heavy atom. The number of para-hydroxylation sites is 1. The van der Waals surface area contributed by atoms with Crippen molar-refractivity contribution in [2.75, 3.05) is 10.7 Å². The molecule has 0 saturated carbocycles. The first-order valence-corrected chi connectivity index (χ1v) is 11.6. The summed E-state index contributed by atoms with van der Waals surface area (Å²) in [6.07, 6.45) is 2.83. The average molecular weight is 436 g/mol. The predicted molar refractivity (Wildman–Crippen MR) is 123 cm³/mol. The zero-order chi connectivity index (χ0) is 22.0. The molecule has 0 fully saturated rings. The molecule has 31 heavy (non-hydrogen) atoms. The Bertz CT molecular complexity index is 1160. The maximum Gasteiger partial charge on any atom is 0.325 e. The smallest absolute Gasteiger partial charge is 0.291 e. The van der Waals surface area contributed by atoms with Crippen LogP contribution in [0.25, 0.3) is 11.3 Å². The van der Waals surface area contributed by atoms with E-state index in [0.717, 1.165) is 41.8 Å². The van der Waals surface area contributed by atoms with Crippen molar-refractivity contribution in [3.8, 4) is 11.3 Å². The van der Waals surface area contributed by atoms with E-state index >= 15 is 0 Å². The molecule has 7 heteroatoms. The van der Waals surface area contributed by atoms with Crippen molar-refractivity contribution >= 4 is 23.4 Å². The molecule has 1 atom stereocenters. The number of hydrogen-bond donors (Lipinski definition) is 1. The van der Waals surface area contributed by atoms with Crippen LogP contribution in [-0.2, 0) is 4.79 Å². The minimum atomic E-state index is -0.528. The third kappa shape index (κ3) is 4.14. The number of unbranched alkanes of at least 4 members (excludes halogenated alkanes) is 2. The van der Waals surface area contributed by atoms with Crippen molar-refractivity contribution in [3.05, 3.63) is 70.0 Å². The SMILES string of the molecule is CCCCCSc1n[n+]2c(c(=O)[nH]1)-c1ccccc1N(C(C)=O)C2c1ccc(C)cc1. The number of H-pyrrole nitrogens is 1. The fourth-order valence-electron chi connectivity index (χ4n) is 3.94. The third-order valence-electron chi connectivity index (χ3n) is 5.46. The number of nitrogens with one attached hydrogen (secondary N) is 1. The second-order valence-corrected chi connectivity index (χ2v) is 8.88. The molecular formula is C24H27N4O2S+. The highest BCUT2D eigenvalue weighted by molar-refractivity contribution is 7.99. The van der Waals surface area contributed by atoms with Crippen molar-refractivity contribution in [1.29, 1.82) is 0 Å². The van der Waals surface area contributed by atoms with Crippen LogP contribution in [0.3, 0.4) is 0 Å². The molecule has 160 valence electrons. The van der Waals surface area contributed by atoms with E-state index in [9.17, 15) is 9.59 Å². The maximum atomic E-state index is 13.2. The number of aromatic amines is 1. The van der Waals surface area contributed by atoms with Gasteiger partial charge in [-0.05, 0) is 42.3 Å². The van der Waals surface area contributed by atoms with Crippen molar-refractivity contribution in [2.24, 2.45) is 0 Å². The van der Waals surface area contributed by atoms with E-state index in [4.69, 9.17) is 5.10 Å². The minimum Gasteiger partial charge on any atom is -0.291 e. The molecule has 1 unspecified atom stereocenters. The van der Waals surface area contributed by atoms with Crippen molar-refractivity contribution in [1.82, 2.24) is 10.1 Å². The minimum absolute atomic E-state index is 0.101. The van der Waals surface area contributed by atoms with Gasteiger partial charge in [0.15, 0.2) is 0 Å². The molecule has 0 bridgehead atoms. The maximum absolute atomic E-state index is 13.2. The van der Waals surface area contributed by atoms with Gasteiger partial charge in [-0.15, -0.1) is 0 Å². The third-order valence-corrected chi connectivity index (χ3v) is 6.41. The summed E-state index contributed by atoms with van der Waals surface area (Å²) in [4.78, 5) is 30.7. The first-order chi connectivity index (χ1) is 15.0. The van der Waals surface area contributed by atoms with Crippen LogP contribution in [0.5, 0.6) is 0 Å². The van der Waals surface area contributed by atoms with E-state index < -0.39 is 6.17 Å². The van der Waals surface area contributed by atoms with E-state index in [0.29, 0.717) is 16.4 Å². The van der Waals surface area contributed by atoms with Gasteiger partial charge in [0.25, 0.3) is 6.17 Å². The summed E-state index contributed by atoms with van der Waals surface area (Å²) in [5.41, 5.74) is 3.73. The monoisotopic (exact) mass is 435 g/mol. The molecule has 2 aromatic carbocycles. The number of benzene rings is 2. The summed E-state index contributed by atoms with van der Waals surface area (Å²) >= 11 is 1.55. The molecular weight excluding hydrogens is 408 g/mol. The Kier molecular flexibility index (Phi) is 6.23. The van der Waals surface area contributed by atoms with Gasteiger partial charge in [-0.25, -0.2) is 4.90 Å². The topological polar surface area (TPSA) is 69.9 Å². The number of hydrogen-bond acceptors (Lipinski definition) is 4. The molecule has 1 aliphatic rings. The van der Waals surface area contributed by atoms with Gasteiger partial charge in [-0.1, -0.05) is 61.4 Å². The van der Waals surface area contributed by atoms with Gasteiger partial charge in [-0.3, -0.25) is 14.6 Å². The zero-order valence-electron chi connectivity index (χ0n) is 18.1. The van der Waals surface area contributed by atoms with E-state index in [1.165, 1.54) is 0 Å². The Hall–Kier alpha value is -2.93. The largest absolute Gasteiger partial charge is 0.325 e. The number of amides is 1. The molecule has 1 aromatic heterocycles. The normalized spacial score (nSPS) is 14.8. The van der Waals surface area contributed by atoms with Crippen LogP contribution in [0.15, 0.2) is 58.5 Å². The number of aryl methyl sites for hydroxylation is 1. The summed E-state index contributed by atoms with van der Waals surface area (Å²) in [6.45, 7) is 5.74. The van der Waals surface area contributed by atoms with Crippen molar-refractivity contribution in [3.63, 3.8) is 0 Å². The quantitative estimate of drug-likeness (QED) is 0.357. The molecule has 6 nitrogen and oxygen atoms in total. The molecule has 0 saturated heterocycles. The summed E-state index contributed by atoms with van der Waals surface area (Å²) in [7, 11) is 0. The first-order valence-electron chi connectivity index (χ1n) is 10.7. The van der Waals surface area contributed by atoms with Crippen LogP contribution in [0.1, 0.15) is 50.4 Å². The molecule has 4 rings (SSSR count). The van der Waals surface area contributed by atoms with Gasteiger partial charge in [-0.2, -0.15) is 0 Å². The molecule has 2 heterocycles. The van der Waals surface area contributed by atoms with E-state index in [1.807, 2.05) is 55.5 Å². The van der Waals surface area contributed by atoms with Gasteiger partial charge in [0.1, 0.15) is 0 Å². The second kappa shape index (κ2) is 9.06. The predicted octanol–water partition coefficient (Wildman–Crippen LogP) is 4.23. The zero-order valence-corrected chi connectivity index (χ0v) is 18.9. The molecule has 1 N–H and O–H groups in total. The van der Waals surface area contributed by atoms with Crippen LogP contribution in [-0.4, -0.2) is 21.7 Å². The lowest BCUT2D eigenvalue weighted by Crippen LogP contribution is -2.60. The summed E-state index contributed by atoms with van der Waals surface area (Å²) < 4.78 is 1.72. The fourth-order valence-corrected chi connectivity index (χ4v) is 4.79. The number of thioether (sulfide) groups is 1. The summed E-state index contributed by atoms with van der Waals surface area (Å²) in [5, 5.41) is 5.39. The van der Waals surface area contributed by atoms with E-state index in [1.54, 1.807) is 28.3 Å². The Balaban J connectivity index is 1.90. The van der Waals surface area contributed by atoms with Crippen LogP contribution in [0.2, 0.25) is 0 Å². The van der Waals surface area contributed by atoms with Crippen molar-refractivity contribution in [2.45, 2.75) is 51.4 Å². The Morgan fingerprint density at radius 2 is 1.90 bits per heavy atom. The van der Waals surface area contributed by atoms with Gasteiger partial charge < -0.3 is 0 Å². The van der Waals surface area contributed by atoms with Gasteiger partial charge in [0.05, 0.1) is 11.3 Å². The number of anilines is 1. The van der Waals surface area contributed by atoms with Crippen LogP contribution < -0.4 is 15.1 Å². The lowest BCUT2D eigenvalue weighted by atomic mass is 10.0. The lowest BCUT2D eigenvalue weighted by Gasteiger charge is -2.31. The highest BCUT2D eigenvalue weighted by atomic mass is 32.2. The highest BCUT2D eigenvalue weighted by Crippen LogP contribution is 2.37. The summed E-state index contributed by atoms with van der Waals surface area (Å²) in [6, 6.07) is 15.5. The van der Waals surface area contributed by atoms with Gasteiger partial charge in [0.2, 0.25) is 11.1 Å². The molecule has 0 aliphatic carbocycles. The number of aromatic nitrogens is 3. The molecule has 0 spiro atoms. The molecule has 1 amide bonds. The second-order valence-electron chi connectivity index (χ2n) is 7.80. The van der Waals surface area contributed by atoms with Crippen LogP contribution in [0.4, 0.5) is 5.69 Å². The summed E-state index contributed by atoms with van der Waals surface area (Å²) in [5.74, 6) is 0.786. The van der Waals surface area contributed by atoms with Crippen LogP contribution >= 0.6 is 11.8 Å². The van der Waals surface area contributed by atoms with Gasteiger partial charge in [0, 0.05) is 23.3 Å². The average Bonchev–Trinajstić information content (AvgIpc) is 2.76. The van der Waals surface area contributed by atoms with E-state index in [-0.39, 0.29) is 11.5 Å². The number of fused-ring (bicyclic) bond motifs is 3. The highest BCUT2D eigenvalue weighted by Gasteiger charge is 2.44. The van der Waals surface area contributed by atoms with E-state index in [2.05, 4.69) is 11.9 Å². The van der Waals surface area contributed by atoms with Crippen LogP contribution in [0, 0.1) is 6.92 Å². The number of nitrogens with zero attached hydrogens (tertiary/aromatic N) is 3. The standard InChI is InChI=1S/C24H26N4O2S/c1-4-5-8-15-31-24-25-22(30)21-19-9-6-7-10-20(19)27(17(3)29)23(28(21)26-24)18-13-11-16(2)12-14-18/h6-7,9-14,23H,4-5,8,15H2,1-3H3/p+1.